The molecular formula is C18H14F3N3O2S. The number of carbonyl (C=O) groups excluding carboxylic acids is 1. The Morgan fingerprint density at radius 1 is 1.11 bits per heavy atom. The molecule has 0 aliphatic carbocycles. The molecule has 1 amide bonds. The number of para-hydroxylation sites is 1. The molecule has 140 valence electrons. The Kier molecular flexibility index (Phi) is 5.31. The van der Waals surface area contributed by atoms with Gasteiger partial charge in [-0.1, -0.05) is 18.2 Å². The highest BCUT2D eigenvalue weighted by Crippen LogP contribution is 2.26. The number of halogens is 3. The Morgan fingerprint density at radius 3 is 2.48 bits per heavy atom. The van der Waals surface area contributed by atoms with Crippen molar-refractivity contribution in [3.05, 3.63) is 65.2 Å². The lowest BCUT2D eigenvalue weighted by molar-refractivity contribution is -0.274. The molecule has 1 heterocycles. The maximum atomic E-state index is 12.3. The van der Waals surface area contributed by atoms with Gasteiger partial charge in [-0.05, 0) is 42.8 Å². The summed E-state index contributed by atoms with van der Waals surface area (Å²) in [5, 5.41) is 7.76. The third kappa shape index (κ3) is 5.20. The fraction of sp³-hybridized carbons (Fsp3) is 0.111. The fourth-order valence-corrected chi connectivity index (χ4v) is 2.91. The van der Waals surface area contributed by atoms with Crippen molar-refractivity contribution in [2.75, 3.05) is 10.6 Å². The van der Waals surface area contributed by atoms with Crippen LogP contribution in [0.15, 0.2) is 53.9 Å². The largest absolute Gasteiger partial charge is 0.573 e. The molecule has 2 aromatic carbocycles. The van der Waals surface area contributed by atoms with Crippen molar-refractivity contribution in [3.63, 3.8) is 0 Å². The summed E-state index contributed by atoms with van der Waals surface area (Å²) in [5.74, 6) is -0.659. The van der Waals surface area contributed by atoms with E-state index in [9.17, 15) is 18.0 Å². The summed E-state index contributed by atoms with van der Waals surface area (Å²) in [5.41, 5.74) is 2.39. The number of aryl methyl sites for hydroxylation is 1. The minimum atomic E-state index is -4.73. The van der Waals surface area contributed by atoms with Crippen molar-refractivity contribution in [2.45, 2.75) is 13.3 Å². The monoisotopic (exact) mass is 393 g/mol. The summed E-state index contributed by atoms with van der Waals surface area (Å²) in [6.45, 7) is 1.88. The lowest BCUT2D eigenvalue weighted by Gasteiger charge is -2.09. The van der Waals surface area contributed by atoms with Crippen molar-refractivity contribution < 1.29 is 22.7 Å². The molecule has 0 saturated carbocycles. The number of benzene rings is 2. The summed E-state index contributed by atoms with van der Waals surface area (Å²) in [6.07, 6.45) is -4.73. The molecule has 0 fully saturated rings. The van der Waals surface area contributed by atoms with E-state index < -0.39 is 6.36 Å². The molecular weight excluding hydrogens is 379 g/mol. The second-order valence-electron chi connectivity index (χ2n) is 5.50. The Hall–Kier alpha value is -3.07. The van der Waals surface area contributed by atoms with Crippen LogP contribution in [0.5, 0.6) is 5.75 Å². The van der Waals surface area contributed by atoms with Crippen molar-refractivity contribution in [2.24, 2.45) is 0 Å². The van der Waals surface area contributed by atoms with E-state index in [1.54, 1.807) is 11.4 Å². The standard InChI is InChI=1S/C18H14F3N3O2S/c1-11-4-2-3-5-14(11)23-16(25)15-10-27-17(24-15)22-12-6-8-13(9-7-12)26-18(19,20)21/h2-10H,1H3,(H,22,24)(H,23,25). The average Bonchev–Trinajstić information content (AvgIpc) is 3.06. The van der Waals surface area contributed by atoms with E-state index in [0.717, 1.165) is 5.56 Å². The van der Waals surface area contributed by atoms with Crippen LogP contribution in [-0.2, 0) is 0 Å². The van der Waals surface area contributed by atoms with E-state index in [-0.39, 0.29) is 17.4 Å². The van der Waals surface area contributed by atoms with Crippen molar-refractivity contribution in [3.8, 4) is 5.75 Å². The minimum absolute atomic E-state index is 0.239. The average molecular weight is 393 g/mol. The van der Waals surface area contributed by atoms with Crippen molar-refractivity contribution in [1.82, 2.24) is 4.98 Å². The number of hydrogen-bond acceptors (Lipinski definition) is 5. The topological polar surface area (TPSA) is 63.2 Å². The van der Waals surface area contributed by atoms with E-state index in [4.69, 9.17) is 0 Å². The van der Waals surface area contributed by atoms with Gasteiger partial charge in [0.2, 0.25) is 0 Å². The smallest absolute Gasteiger partial charge is 0.406 e. The SMILES string of the molecule is Cc1ccccc1NC(=O)c1csc(Nc2ccc(OC(F)(F)F)cc2)n1. The number of hydrogen-bond donors (Lipinski definition) is 2. The molecule has 0 aliphatic rings. The zero-order valence-corrected chi connectivity index (χ0v) is 14.8. The third-order valence-electron chi connectivity index (χ3n) is 3.47. The lowest BCUT2D eigenvalue weighted by Crippen LogP contribution is -2.16. The normalized spacial score (nSPS) is 11.1. The van der Waals surface area contributed by atoms with Crippen LogP contribution in [0.25, 0.3) is 0 Å². The number of thiazole rings is 1. The zero-order valence-electron chi connectivity index (χ0n) is 14.0. The predicted octanol–water partition coefficient (Wildman–Crippen LogP) is 5.35. The van der Waals surface area contributed by atoms with Gasteiger partial charge in [0.15, 0.2) is 5.13 Å². The summed E-state index contributed by atoms with van der Waals surface area (Å²) < 4.78 is 40.3. The van der Waals surface area contributed by atoms with Gasteiger partial charge in [-0.3, -0.25) is 4.79 Å². The number of alkyl halides is 3. The quantitative estimate of drug-likeness (QED) is 0.614. The van der Waals surface area contributed by atoms with Gasteiger partial charge in [-0.2, -0.15) is 0 Å². The molecule has 0 bridgehead atoms. The highest BCUT2D eigenvalue weighted by atomic mass is 32.1. The van der Waals surface area contributed by atoms with E-state index in [2.05, 4.69) is 20.4 Å². The molecule has 27 heavy (non-hydrogen) atoms. The van der Waals surface area contributed by atoms with Crippen LogP contribution in [0.2, 0.25) is 0 Å². The number of carbonyl (C=O) groups is 1. The van der Waals surface area contributed by atoms with E-state index in [0.29, 0.717) is 16.5 Å². The van der Waals surface area contributed by atoms with Crippen LogP contribution in [0.4, 0.5) is 29.7 Å². The summed E-state index contributed by atoms with van der Waals surface area (Å²) in [4.78, 5) is 16.5. The first-order chi connectivity index (χ1) is 12.8. The predicted molar refractivity (Wildman–Crippen MR) is 97.7 cm³/mol. The van der Waals surface area contributed by atoms with Gasteiger partial charge in [0, 0.05) is 16.8 Å². The first-order valence-electron chi connectivity index (χ1n) is 7.75. The number of rotatable bonds is 5. The molecule has 5 nitrogen and oxygen atoms in total. The number of nitrogens with zero attached hydrogens (tertiary/aromatic N) is 1. The van der Waals surface area contributed by atoms with Crippen LogP contribution in [0.3, 0.4) is 0 Å². The molecule has 0 aliphatic heterocycles. The van der Waals surface area contributed by atoms with Gasteiger partial charge >= 0.3 is 6.36 Å². The highest BCUT2D eigenvalue weighted by molar-refractivity contribution is 7.14. The lowest BCUT2D eigenvalue weighted by atomic mass is 10.2. The van der Waals surface area contributed by atoms with Crippen LogP contribution >= 0.6 is 11.3 Å². The Balaban J connectivity index is 1.64. The van der Waals surface area contributed by atoms with E-state index in [1.807, 2.05) is 25.1 Å². The highest BCUT2D eigenvalue weighted by Gasteiger charge is 2.30. The number of anilines is 3. The van der Waals surface area contributed by atoms with Crippen molar-refractivity contribution >= 4 is 33.8 Å². The van der Waals surface area contributed by atoms with E-state index >= 15 is 0 Å². The zero-order chi connectivity index (χ0) is 19.4. The summed E-state index contributed by atoms with van der Waals surface area (Å²) >= 11 is 1.21. The molecule has 3 aromatic rings. The third-order valence-corrected chi connectivity index (χ3v) is 4.23. The molecule has 1 aromatic heterocycles. The fourth-order valence-electron chi connectivity index (χ4n) is 2.20. The number of nitrogens with one attached hydrogen (secondary N) is 2. The van der Waals surface area contributed by atoms with Crippen molar-refractivity contribution in [1.29, 1.82) is 0 Å². The van der Waals surface area contributed by atoms with Gasteiger partial charge in [0.25, 0.3) is 5.91 Å². The first kappa shape index (κ1) is 18.7. The minimum Gasteiger partial charge on any atom is -0.406 e. The molecule has 9 heteroatoms. The van der Waals surface area contributed by atoms with Crippen LogP contribution in [0, 0.1) is 6.92 Å². The molecule has 0 unspecified atom stereocenters. The Labute approximate surface area is 156 Å². The van der Waals surface area contributed by atoms with Crippen LogP contribution in [-0.4, -0.2) is 17.3 Å². The first-order valence-corrected chi connectivity index (χ1v) is 8.63. The second-order valence-corrected chi connectivity index (χ2v) is 6.36. The molecule has 0 radical (unpaired) electrons. The number of ether oxygens (including phenoxy) is 1. The van der Waals surface area contributed by atoms with Gasteiger partial charge in [0.1, 0.15) is 11.4 Å². The summed E-state index contributed by atoms with van der Waals surface area (Å²) in [6, 6.07) is 12.6. The molecule has 3 rings (SSSR count). The Morgan fingerprint density at radius 2 is 1.81 bits per heavy atom. The van der Waals surface area contributed by atoms with E-state index in [1.165, 1.54) is 35.6 Å². The summed E-state index contributed by atoms with van der Waals surface area (Å²) in [7, 11) is 0. The molecule has 0 spiro atoms. The van der Waals surface area contributed by atoms with Gasteiger partial charge in [-0.15, -0.1) is 24.5 Å². The second kappa shape index (κ2) is 7.67. The van der Waals surface area contributed by atoms with Gasteiger partial charge < -0.3 is 15.4 Å². The number of amides is 1. The molecule has 2 N–H and O–H groups in total. The van der Waals surface area contributed by atoms with Crippen LogP contribution < -0.4 is 15.4 Å². The molecule has 0 saturated heterocycles. The number of aromatic nitrogens is 1. The van der Waals surface area contributed by atoms with Gasteiger partial charge in [-0.25, -0.2) is 4.98 Å². The van der Waals surface area contributed by atoms with Gasteiger partial charge in [0.05, 0.1) is 0 Å². The molecule has 0 atom stereocenters. The Bertz CT molecular complexity index is 940. The maximum Gasteiger partial charge on any atom is 0.573 e. The van der Waals surface area contributed by atoms with Crippen LogP contribution in [0.1, 0.15) is 16.1 Å². The maximum absolute atomic E-state index is 12.3.